The van der Waals surface area contributed by atoms with Gasteiger partial charge in [0.15, 0.2) is 0 Å². The van der Waals surface area contributed by atoms with Crippen LogP contribution in [-0.2, 0) is 16.1 Å². The Balaban J connectivity index is 1.32. The molecule has 1 aromatic carbocycles. The highest BCUT2D eigenvalue weighted by Crippen LogP contribution is 2.22. The topological polar surface area (TPSA) is 98.3 Å². The lowest BCUT2D eigenvalue weighted by molar-refractivity contribution is -0.126. The van der Waals surface area contributed by atoms with E-state index in [1.54, 1.807) is 0 Å². The number of aromatic nitrogens is 3. The maximum absolute atomic E-state index is 12.8. The van der Waals surface area contributed by atoms with Crippen molar-refractivity contribution in [3.05, 3.63) is 24.3 Å². The number of rotatable bonds is 5. The number of fused-ring (bicyclic) bond motifs is 1. The van der Waals surface area contributed by atoms with Gasteiger partial charge in [0.2, 0.25) is 5.91 Å². The number of nitrogens with two attached hydrogens (primary N) is 1. The molecule has 152 valence electrons. The fourth-order valence-corrected chi connectivity index (χ4v) is 4.33. The zero-order chi connectivity index (χ0) is 19.3. The molecule has 4 rings (SSSR count). The van der Waals surface area contributed by atoms with E-state index in [-0.39, 0.29) is 17.9 Å². The maximum Gasteiger partial charge on any atom is 0.224 e. The first-order chi connectivity index (χ1) is 13.7. The number of nitrogens with zero attached hydrogens (tertiary/aromatic N) is 4. The lowest BCUT2D eigenvalue weighted by atomic mass is 10.0. The Morgan fingerprint density at radius 1 is 1.18 bits per heavy atom. The summed E-state index contributed by atoms with van der Waals surface area (Å²) in [5.74, 6) is 0.111. The largest absolute Gasteiger partial charge is 0.381 e. The Bertz CT molecular complexity index is 788. The average molecular weight is 387 g/mol. The van der Waals surface area contributed by atoms with Gasteiger partial charge in [-0.3, -0.25) is 9.69 Å². The van der Waals surface area contributed by atoms with Crippen LogP contribution in [-0.4, -0.2) is 70.7 Å². The molecule has 3 N–H and O–H groups in total. The second kappa shape index (κ2) is 8.98. The zero-order valence-corrected chi connectivity index (χ0v) is 16.3. The predicted molar refractivity (Wildman–Crippen MR) is 107 cm³/mol. The molecule has 0 radical (unpaired) electrons. The van der Waals surface area contributed by atoms with Crippen LogP contribution in [0.5, 0.6) is 0 Å². The number of benzene rings is 1. The van der Waals surface area contributed by atoms with Crippen molar-refractivity contribution in [3.63, 3.8) is 0 Å². The molecule has 0 spiro atoms. The van der Waals surface area contributed by atoms with E-state index in [9.17, 15) is 4.79 Å². The summed E-state index contributed by atoms with van der Waals surface area (Å²) in [7, 11) is 0. The molecule has 3 heterocycles. The first-order valence-electron chi connectivity index (χ1n) is 10.3. The molecule has 0 bridgehead atoms. The smallest absolute Gasteiger partial charge is 0.224 e. The van der Waals surface area contributed by atoms with Gasteiger partial charge in [-0.05, 0) is 37.8 Å². The molecule has 1 aromatic heterocycles. The van der Waals surface area contributed by atoms with Crippen LogP contribution in [0, 0.1) is 5.92 Å². The summed E-state index contributed by atoms with van der Waals surface area (Å²) in [6, 6.07) is 8.48. The summed E-state index contributed by atoms with van der Waals surface area (Å²) in [5, 5.41) is 11.4. The van der Waals surface area contributed by atoms with Gasteiger partial charge in [0.25, 0.3) is 0 Å². The standard InChI is InChI=1S/C20H30N6O2/c21-16-6-5-15(13-25(14-16)17-7-11-28-12-8-17)20(27)22-9-10-26-19-4-2-1-3-18(19)23-24-26/h1-4,15-17H,5-14,21H2,(H,22,27)/t15-,16+/m1/s1. The third-order valence-corrected chi connectivity index (χ3v) is 5.93. The molecule has 0 aliphatic carbocycles. The minimum absolute atomic E-state index is 0.0103. The van der Waals surface area contributed by atoms with Crippen LogP contribution in [0.4, 0.5) is 0 Å². The van der Waals surface area contributed by atoms with Crippen LogP contribution in [0.3, 0.4) is 0 Å². The zero-order valence-electron chi connectivity index (χ0n) is 16.3. The number of amides is 1. The molecule has 2 saturated heterocycles. The molecule has 8 heteroatoms. The van der Waals surface area contributed by atoms with Crippen molar-refractivity contribution in [2.24, 2.45) is 11.7 Å². The summed E-state index contributed by atoms with van der Waals surface area (Å²) in [5.41, 5.74) is 8.15. The fourth-order valence-electron chi connectivity index (χ4n) is 4.33. The van der Waals surface area contributed by atoms with Crippen LogP contribution >= 0.6 is 0 Å². The minimum atomic E-state index is -0.0103. The van der Waals surface area contributed by atoms with Gasteiger partial charge >= 0.3 is 0 Å². The molecular weight excluding hydrogens is 356 g/mol. The highest BCUT2D eigenvalue weighted by atomic mass is 16.5. The van der Waals surface area contributed by atoms with Crippen molar-refractivity contribution >= 4 is 16.9 Å². The van der Waals surface area contributed by atoms with Gasteiger partial charge in [0.1, 0.15) is 5.52 Å². The summed E-state index contributed by atoms with van der Waals surface area (Å²) < 4.78 is 7.33. The van der Waals surface area contributed by atoms with Crippen molar-refractivity contribution in [2.75, 3.05) is 32.8 Å². The number of nitrogens with one attached hydrogen (secondary N) is 1. The molecule has 0 saturated carbocycles. The lowest BCUT2D eigenvalue weighted by Gasteiger charge is -2.35. The van der Waals surface area contributed by atoms with Gasteiger partial charge in [-0.15, -0.1) is 5.10 Å². The van der Waals surface area contributed by atoms with E-state index in [0.717, 1.165) is 63.0 Å². The molecule has 2 aliphatic rings. The number of hydrogen-bond acceptors (Lipinski definition) is 6. The van der Waals surface area contributed by atoms with Gasteiger partial charge in [0, 0.05) is 44.9 Å². The second-order valence-corrected chi connectivity index (χ2v) is 7.92. The van der Waals surface area contributed by atoms with E-state index in [0.29, 0.717) is 19.1 Å². The van der Waals surface area contributed by atoms with Gasteiger partial charge in [0.05, 0.1) is 18.0 Å². The number of para-hydroxylation sites is 1. The predicted octanol–water partition coefficient (Wildman–Crippen LogP) is 0.766. The Morgan fingerprint density at radius 2 is 2.00 bits per heavy atom. The fraction of sp³-hybridized carbons (Fsp3) is 0.650. The van der Waals surface area contributed by atoms with Gasteiger partial charge in [-0.25, -0.2) is 4.68 Å². The first kappa shape index (κ1) is 19.3. The van der Waals surface area contributed by atoms with Gasteiger partial charge in [-0.2, -0.15) is 0 Å². The highest BCUT2D eigenvalue weighted by Gasteiger charge is 2.31. The molecule has 2 aliphatic heterocycles. The van der Waals surface area contributed by atoms with E-state index >= 15 is 0 Å². The van der Waals surface area contributed by atoms with Crippen molar-refractivity contribution in [3.8, 4) is 0 Å². The third-order valence-electron chi connectivity index (χ3n) is 5.93. The SMILES string of the molecule is N[C@H]1CC[C@@H](C(=O)NCCn2nnc3ccccc32)CN(C2CCOCC2)C1. The summed E-state index contributed by atoms with van der Waals surface area (Å²) in [4.78, 5) is 15.3. The van der Waals surface area contributed by atoms with Crippen LogP contribution in [0.2, 0.25) is 0 Å². The van der Waals surface area contributed by atoms with Gasteiger partial charge < -0.3 is 15.8 Å². The minimum Gasteiger partial charge on any atom is -0.381 e. The monoisotopic (exact) mass is 386 g/mol. The van der Waals surface area contributed by atoms with Crippen molar-refractivity contribution < 1.29 is 9.53 Å². The van der Waals surface area contributed by atoms with Crippen LogP contribution in [0.1, 0.15) is 25.7 Å². The van der Waals surface area contributed by atoms with Crippen molar-refractivity contribution in [1.29, 1.82) is 0 Å². The molecule has 2 atom stereocenters. The summed E-state index contributed by atoms with van der Waals surface area (Å²) >= 11 is 0. The third kappa shape index (κ3) is 4.51. The van der Waals surface area contributed by atoms with E-state index in [2.05, 4.69) is 20.5 Å². The van der Waals surface area contributed by atoms with E-state index in [4.69, 9.17) is 10.5 Å². The second-order valence-electron chi connectivity index (χ2n) is 7.92. The lowest BCUT2D eigenvalue weighted by Crippen LogP contribution is -2.47. The van der Waals surface area contributed by atoms with Crippen LogP contribution in [0.15, 0.2) is 24.3 Å². The first-order valence-corrected chi connectivity index (χ1v) is 10.3. The molecule has 1 amide bonds. The van der Waals surface area contributed by atoms with Crippen molar-refractivity contribution in [2.45, 2.75) is 44.3 Å². The van der Waals surface area contributed by atoms with Crippen LogP contribution < -0.4 is 11.1 Å². The summed E-state index contributed by atoms with van der Waals surface area (Å²) in [6.07, 6.45) is 3.80. The number of ether oxygens (including phenoxy) is 1. The molecule has 0 unspecified atom stereocenters. The Kier molecular flexibility index (Phi) is 6.19. The van der Waals surface area contributed by atoms with E-state index < -0.39 is 0 Å². The Morgan fingerprint density at radius 3 is 2.86 bits per heavy atom. The average Bonchev–Trinajstić information content (AvgIpc) is 3.03. The molecule has 28 heavy (non-hydrogen) atoms. The highest BCUT2D eigenvalue weighted by molar-refractivity contribution is 5.79. The normalized spacial score (nSPS) is 24.9. The van der Waals surface area contributed by atoms with Gasteiger partial charge in [-0.1, -0.05) is 17.3 Å². The quantitative estimate of drug-likeness (QED) is 0.788. The van der Waals surface area contributed by atoms with Crippen molar-refractivity contribution in [1.82, 2.24) is 25.2 Å². The molecule has 2 aromatic rings. The molecule has 8 nitrogen and oxygen atoms in total. The molecule has 2 fully saturated rings. The van der Waals surface area contributed by atoms with Crippen LogP contribution in [0.25, 0.3) is 11.0 Å². The number of carbonyl (C=O) groups excluding carboxylic acids is 1. The number of hydrogen-bond donors (Lipinski definition) is 2. The molecular formula is C20H30N6O2. The van der Waals surface area contributed by atoms with E-state index in [1.165, 1.54) is 0 Å². The summed E-state index contributed by atoms with van der Waals surface area (Å²) in [6.45, 7) is 4.43. The Labute approximate surface area is 165 Å². The maximum atomic E-state index is 12.8. The number of likely N-dealkylation sites (tertiary alicyclic amines) is 1. The Hall–Kier alpha value is -2.03. The number of carbonyl (C=O) groups is 1. The van der Waals surface area contributed by atoms with E-state index in [1.807, 2.05) is 28.9 Å².